The van der Waals surface area contributed by atoms with Crippen LogP contribution >= 0.6 is 0 Å². The first kappa shape index (κ1) is 82.7. The molecule has 0 aliphatic carbocycles. The maximum atomic E-state index is 12.9. The van der Waals surface area contributed by atoms with E-state index in [1.165, 1.54) is 0 Å². The van der Waals surface area contributed by atoms with E-state index in [1.807, 2.05) is 27.7 Å². The van der Waals surface area contributed by atoms with Gasteiger partial charge in [0.15, 0.2) is 0 Å². The molecular formula is C55H105N15O19. The Bertz CT molecular complexity index is 2040. The van der Waals surface area contributed by atoms with Crippen molar-refractivity contribution in [1.82, 2.24) is 58.5 Å². The molecule has 0 aromatic heterocycles. The fraction of sp³-hybridized carbons (Fsp3) is 0.800. The summed E-state index contributed by atoms with van der Waals surface area (Å²) in [6.45, 7) is 14.6. The molecule has 0 bridgehead atoms. The van der Waals surface area contributed by atoms with Crippen LogP contribution in [0.2, 0.25) is 0 Å². The molecule has 0 saturated carbocycles. The molecular weight excluding hydrogens is 1170 g/mol. The molecule has 34 heteroatoms. The van der Waals surface area contributed by atoms with Gasteiger partial charge < -0.3 is 113 Å². The minimum atomic E-state index is -0.724. The SMILES string of the molecule is C/C(=N/O)C(C)(C)NCC(CNC(C)(C)/C(C)=N\O)NC(=O)CCCC(=O)NCCCC[C@H](NCNC(=O)COCCOCCNC(=O)COCCOCCNC(=O)CCCC(=O)NCCOCCOCC(=O)NCCOCCOCC(=O)NCN)C(N)=O. The number of nitrogens with one attached hydrogen (secondary N) is 11. The van der Waals surface area contributed by atoms with Crippen molar-refractivity contribution in [3.63, 3.8) is 0 Å². The van der Waals surface area contributed by atoms with E-state index >= 15 is 0 Å². The molecule has 0 aliphatic rings. The van der Waals surface area contributed by atoms with E-state index in [0.29, 0.717) is 63.2 Å². The van der Waals surface area contributed by atoms with Gasteiger partial charge in [-0.3, -0.25) is 48.5 Å². The van der Waals surface area contributed by atoms with Crippen molar-refractivity contribution in [3.8, 4) is 0 Å². The zero-order valence-corrected chi connectivity index (χ0v) is 53.1. The summed E-state index contributed by atoms with van der Waals surface area (Å²) >= 11 is 0. The monoisotopic (exact) mass is 1280 g/mol. The summed E-state index contributed by atoms with van der Waals surface area (Å²) in [6.07, 6.45) is 2.71. The quantitative estimate of drug-likeness (QED) is 0.00900. The minimum Gasteiger partial charge on any atom is -0.411 e. The first-order valence-corrected chi connectivity index (χ1v) is 30.0. The van der Waals surface area contributed by atoms with Crippen molar-refractivity contribution in [2.24, 2.45) is 21.8 Å². The smallest absolute Gasteiger partial charge is 0.246 e. The maximum Gasteiger partial charge on any atom is 0.246 e. The Kier molecular flexibility index (Phi) is 49.7. The summed E-state index contributed by atoms with van der Waals surface area (Å²) in [6, 6.07) is -1.12. The van der Waals surface area contributed by atoms with Gasteiger partial charge in [0.1, 0.15) is 26.4 Å². The first-order chi connectivity index (χ1) is 42.6. The number of hydrogen-bond acceptors (Lipinski definition) is 25. The largest absolute Gasteiger partial charge is 0.411 e. The molecule has 0 saturated heterocycles. The van der Waals surface area contributed by atoms with E-state index in [2.05, 4.69) is 68.8 Å². The predicted octanol–water partition coefficient (Wildman–Crippen LogP) is -4.32. The van der Waals surface area contributed by atoms with Crippen LogP contribution in [0.25, 0.3) is 0 Å². The summed E-state index contributed by atoms with van der Waals surface area (Å²) in [7, 11) is 0. The van der Waals surface area contributed by atoms with Crippen molar-refractivity contribution in [3.05, 3.63) is 0 Å². The third-order valence-corrected chi connectivity index (χ3v) is 12.9. The number of amides is 9. The van der Waals surface area contributed by atoms with E-state index in [1.54, 1.807) is 13.8 Å². The number of ether oxygens (including phenoxy) is 8. The molecule has 0 aromatic carbocycles. The van der Waals surface area contributed by atoms with Gasteiger partial charge in [-0.15, -0.1) is 0 Å². The molecule has 0 aromatic rings. The first-order valence-electron chi connectivity index (χ1n) is 30.0. The molecule has 0 heterocycles. The molecule has 514 valence electrons. The van der Waals surface area contributed by atoms with Gasteiger partial charge in [0.2, 0.25) is 53.2 Å². The van der Waals surface area contributed by atoms with Gasteiger partial charge in [0, 0.05) is 71.5 Å². The number of oxime groups is 2. The van der Waals surface area contributed by atoms with E-state index in [9.17, 15) is 53.6 Å². The van der Waals surface area contributed by atoms with Gasteiger partial charge in [-0.2, -0.15) is 0 Å². The summed E-state index contributed by atoms with van der Waals surface area (Å²) in [5.74, 6) is -2.92. The second kappa shape index (κ2) is 53.5. The van der Waals surface area contributed by atoms with Gasteiger partial charge in [-0.1, -0.05) is 10.3 Å². The Morgan fingerprint density at radius 3 is 1.13 bits per heavy atom. The summed E-state index contributed by atoms with van der Waals surface area (Å²) in [5, 5.41) is 56.1. The number of rotatable bonds is 59. The highest BCUT2D eigenvalue weighted by Crippen LogP contribution is 2.09. The Labute approximate surface area is 522 Å². The van der Waals surface area contributed by atoms with Gasteiger partial charge in [-0.25, -0.2) is 0 Å². The van der Waals surface area contributed by atoms with E-state index in [0.717, 1.165) is 0 Å². The third kappa shape index (κ3) is 49.2. The van der Waals surface area contributed by atoms with Crippen LogP contribution in [0.15, 0.2) is 10.3 Å². The Morgan fingerprint density at radius 2 is 0.764 bits per heavy atom. The van der Waals surface area contributed by atoms with Gasteiger partial charge >= 0.3 is 0 Å². The highest BCUT2D eigenvalue weighted by Gasteiger charge is 2.27. The molecule has 34 nitrogen and oxygen atoms in total. The van der Waals surface area contributed by atoms with Gasteiger partial charge in [0.25, 0.3) is 0 Å². The van der Waals surface area contributed by atoms with Crippen LogP contribution in [0.1, 0.15) is 99.3 Å². The lowest BCUT2D eigenvalue weighted by Crippen LogP contribution is -2.57. The number of unbranched alkanes of at least 4 members (excludes halogenated alkanes) is 1. The maximum absolute atomic E-state index is 12.9. The normalized spacial score (nSPS) is 12.6. The molecule has 0 aliphatic heterocycles. The number of carbonyl (C=O) groups excluding carboxylic acids is 9. The lowest BCUT2D eigenvalue weighted by molar-refractivity contribution is -0.127. The Morgan fingerprint density at radius 1 is 0.427 bits per heavy atom. The molecule has 1 atom stereocenters. The number of primary amides is 1. The molecule has 0 spiro atoms. The summed E-state index contributed by atoms with van der Waals surface area (Å²) in [4.78, 5) is 109. The van der Waals surface area contributed by atoms with Crippen LogP contribution in [0.3, 0.4) is 0 Å². The predicted molar refractivity (Wildman–Crippen MR) is 325 cm³/mol. The highest BCUT2D eigenvalue weighted by molar-refractivity contribution is 5.90. The number of carbonyl (C=O) groups is 9. The molecule has 17 N–H and O–H groups in total. The van der Waals surface area contributed by atoms with E-state index in [4.69, 9.17) is 49.4 Å². The summed E-state index contributed by atoms with van der Waals surface area (Å²) < 4.78 is 42.5. The fourth-order valence-corrected chi connectivity index (χ4v) is 7.05. The Hall–Kier alpha value is -6.31. The molecule has 0 fully saturated rings. The second-order valence-corrected chi connectivity index (χ2v) is 21.0. The molecule has 0 rings (SSSR count). The van der Waals surface area contributed by atoms with E-state index < -0.39 is 35.0 Å². The van der Waals surface area contributed by atoms with Crippen molar-refractivity contribution < 1.29 is 91.5 Å². The van der Waals surface area contributed by atoms with Crippen molar-refractivity contribution in [2.45, 2.75) is 122 Å². The molecule has 89 heavy (non-hydrogen) atoms. The summed E-state index contributed by atoms with van der Waals surface area (Å²) in [5.41, 5.74) is 10.3. The zero-order valence-electron chi connectivity index (χ0n) is 53.1. The number of hydrogen-bond donors (Lipinski definition) is 15. The topological polar surface area (TPSA) is 477 Å². The lowest BCUT2D eigenvalue weighted by Gasteiger charge is -2.32. The lowest BCUT2D eigenvalue weighted by atomic mass is 9.98. The van der Waals surface area contributed by atoms with Crippen LogP contribution in [-0.2, 0) is 81.0 Å². The molecule has 0 unspecified atom stereocenters. The van der Waals surface area contributed by atoms with Gasteiger partial charge in [0.05, 0.1) is 127 Å². The number of nitrogens with zero attached hydrogens (tertiary/aromatic N) is 2. The van der Waals surface area contributed by atoms with Crippen molar-refractivity contribution >= 4 is 64.6 Å². The van der Waals surface area contributed by atoms with Crippen LogP contribution in [0.4, 0.5) is 0 Å². The molecule has 9 amide bonds. The van der Waals surface area contributed by atoms with Crippen LogP contribution in [-0.4, -0.2) is 263 Å². The Balaban J connectivity index is 3.88. The van der Waals surface area contributed by atoms with Crippen LogP contribution in [0, 0.1) is 0 Å². The minimum absolute atomic E-state index is 0.0340. The van der Waals surface area contributed by atoms with Crippen LogP contribution in [0.5, 0.6) is 0 Å². The molecule has 0 radical (unpaired) electrons. The van der Waals surface area contributed by atoms with Gasteiger partial charge in [-0.05, 0) is 73.6 Å². The average Bonchev–Trinajstić information content (AvgIpc) is 3.41. The standard InChI is InChI=1S/C55H105N15O19/c1-41(69-80)54(3,4)66-33-43(34-67-55(5,6)42(2)70-81)68-48(74)15-10-14-45(71)58-16-8-7-11-44(53(57)79)64-40-65-52(78)38-89-32-28-85-24-20-62-50(76)36-87-30-26-83-22-18-60-47(73)13-9-12-46(72)59-17-21-82-25-29-86-35-49(75)61-19-23-84-27-31-88-37-51(77)63-39-56/h43-44,64,66-67,80-81H,7-40,56H2,1-6H3,(H2,57,79)(H,58,71)(H,59,72)(H,60,73)(H,61,75)(H,62,76)(H,63,77)(H,65,78)(H,68,74)/b69-41-,70-42-/t44-/m0/s1. The fourth-order valence-electron chi connectivity index (χ4n) is 7.05. The average molecular weight is 1280 g/mol. The third-order valence-electron chi connectivity index (χ3n) is 12.9. The van der Waals surface area contributed by atoms with Crippen molar-refractivity contribution in [1.29, 1.82) is 0 Å². The van der Waals surface area contributed by atoms with Crippen LogP contribution < -0.4 is 70.0 Å². The second-order valence-electron chi connectivity index (χ2n) is 21.0. The zero-order chi connectivity index (χ0) is 66.4. The van der Waals surface area contributed by atoms with E-state index in [-0.39, 0.29) is 212 Å². The highest BCUT2D eigenvalue weighted by atomic mass is 16.5. The van der Waals surface area contributed by atoms with Crippen molar-refractivity contribution in [2.75, 3.05) is 165 Å². The number of nitrogens with two attached hydrogens (primary N) is 2.